The second-order valence-corrected chi connectivity index (χ2v) is 7.81. The van der Waals surface area contributed by atoms with E-state index in [-0.39, 0.29) is 23.9 Å². The number of benzene rings is 1. The minimum absolute atomic E-state index is 0.0478. The highest BCUT2D eigenvalue weighted by Crippen LogP contribution is 2.15. The highest BCUT2D eigenvalue weighted by atomic mass is 32.2. The third-order valence-electron chi connectivity index (χ3n) is 3.98. The molecular formula is C15H22FN3O3S. The number of sulfonamides is 1. The number of carbonyl (C=O) groups is 1. The molecule has 1 heterocycles. The van der Waals surface area contributed by atoms with Crippen LogP contribution < -0.4 is 10.6 Å². The van der Waals surface area contributed by atoms with Crippen molar-refractivity contribution < 1.29 is 17.6 Å². The summed E-state index contributed by atoms with van der Waals surface area (Å²) in [4.78, 5) is 12.0. The summed E-state index contributed by atoms with van der Waals surface area (Å²) in [5, 5.41) is 5.66. The van der Waals surface area contributed by atoms with Gasteiger partial charge in [-0.1, -0.05) is 12.1 Å². The van der Waals surface area contributed by atoms with E-state index in [2.05, 4.69) is 10.6 Å². The first-order valence-corrected chi connectivity index (χ1v) is 9.38. The first-order chi connectivity index (χ1) is 10.8. The van der Waals surface area contributed by atoms with Crippen molar-refractivity contribution in [3.05, 3.63) is 35.6 Å². The van der Waals surface area contributed by atoms with Gasteiger partial charge in [0.25, 0.3) is 0 Å². The molecule has 1 aliphatic rings. The molecule has 2 rings (SSSR count). The molecule has 1 aliphatic heterocycles. The predicted molar refractivity (Wildman–Crippen MR) is 85.9 cm³/mol. The Hall–Kier alpha value is -1.67. The van der Waals surface area contributed by atoms with Crippen LogP contribution >= 0.6 is 0 Å². The average molecular weight is 343 g/mol. The molecule has 1 aromatic carbocycles. The Balaban J connectivity index is 1.80. The van der Waals surface area contributed by atoms with Crippen LogP contribution in [0.4, 0.5) is 9.18 Å². The van der Waals surface area contributed by atoms with E-state index in [1.807, 2.05) is 6.92 Å². The van der Waals surface area contributed by atoms with Crippen LogP contribution in [-0.2, 0) is 10.0 Å². The summed E-state index contributed by atoms with van der Waals surface area (Å²) in [5.74, 6) is -0.317. The van der Waals surface area contributed by atoms with Crippen molar-refractivity contribution in [1.82, 2.24) is 14.9 Å². The first kappa shape index (κ1) is 17.7. The SMILES string of the molecule is C[C@H](NC(=O)NC1CCN(S(C)(=O)=O)CC1)c1ccc(F)cc1. The molecule has 0 spiro atoms. The molecule has 2 N–H and O–H groups in total. The van der Waals surface area contributed by atoms with Crippen molar-refractivity contribution in [3.63, 3.8) is 0 Å². The summed E-state index contributed by atoms with van der Waals surface area (Å²) >= 11 is 0. The summed E-state index contributed by atoms with van der Waals surface area (Å²) in [6.07, 6.45) is 2.37. The van der Waals surface area contributed by atoms with E-state index >= 15 is 0 Å². The second-order valence-electron chi connectivity index (χ2n) is 5.83. The minimum Gasteiger partial charge on any atom is -0.335 e. The number of carbonyl (C=O) groups excluding carboxylic acids is 1. The van der Waals surface area contributed by atoms with E-state index in [1.54, 1.807) is 12.1 Å². The fourth-order valence-corrected chi connectivity index (χ4v) is 3.46. The van der Waals surface area contributed by atoms with Crippen LogP contribution in [-0.4, -0.2) is 44.1 Å². The maximum atomic E-state index is 12.9. The van der Waals surface area contributed by atoms with Gasteiger partial charge in [0.05, 0.1) is 12.3 Å². The Morgan fingerprint density at radius 1 is 1.26 bits per heavy atom. The van der Waals surface area contributed by atoms with Gasteiger partial charge in [0.15, 0.2) is 0 Å². The molecule has 128 valence electrons. The number of amides is 2. The van der Waals surface area contributed by atoms with Gasteiger partial charge in [-0.05, 0) is 37.5 Å². The minimum atomic E-state index is -3.16. The number of rotatable bonds is 4. The topological polar surface area (TPSA) is 78.5 Å². The number of hydrogen-bond donors (Lipinski definition) is 2. The van der Waals surface area contributed by atoms with Crippen molar-refractivity contribution in [3.8, 4) is 0 Å². The fourth-order valence-electron chi connectivity index (χ4n) is 2.59. The van der Waals surface area contributed by atoms with Gasteiger partial charge in [-0.15, -0.1) is 0 Å². The molecule has 0 aromatic heterocycles. The summed E-state index contributed by atoms with van der Waals surface area (Å²) in [6, 6.07) is 5.37. The van der Waals surface area contributed by atoms with E-state index < -0.39 is 10.0 Å². The van der Waals surface area contributed by atoms with Crippen molar-refractivity contribution in [2.75, 3.05) is 19.3 Å². The number of hydrogen-bond acceptors (Lipinski definition) is 3. The van der Waals surface area contributed by atoms with Gasteiger partial charge in [-0.2, -0.15) is 0 Å². The summed E-state index contributed by atoms with van der Waals surface area (Å²) in [6.45, 7) is 2.65. The van der Waals surface area contributed by atoms with Crippen LogP contribution in [0.15, 0.2) is 24.3 Å². The highest BCUT2D eigenvalue weighted by molar-refractivity contribution is 7.88. The van der Waals surface area contributed by atoms with Crippen LogP contribution in [0.5, 0.6) is 0 Å². The smallest absolute Gasteiger partial charge is 0.315 e. The molecule has 23 heavy (non-hydrogen) atoms. The van der Waals surface area contributed by atoms with Crippen LogP contribution in [0.25, 0.3) is 0 Å². The normalized spacial score (nSPS) is 18.4. The fraction of sp³-hybridized carbons (Fsp3) is 0.533. The summed E-state index contributed by atoms with van der Waals surface area (Å²) in [7, 11) is -3.16. The third-order valence-corrected chi connectivity index (χ3v) is 5.28. The molecule has 0 bridgehead atoms. The van der Waals surface area contributed by atoms with E-state index in [1.165, 1.54) is 22.7 Å². The molecule has 1 saturated heterocycles. The lowest BCUT2D eigenvalue weighted by atomic mass is 10.1. The van der Waals surface area contributed by atoms with E-state index in [9.17, 15) is 17.6 Å². The third kappa shape index (κ3) is 5.18. The maximum Gasteiger partial charge on any atom is 0.315 e. The zero-order chi connectivity index (χ0) is 17.0. The van der Waals surface area contributed by atoms with Gasteiger partial charge in [-0.3, -0.25) is 0 Å². The number of nitrogens with one attached hydrogen (secondary N) is 2. The van der Waals surface area contributed by atoms with Crippen molar-refractivity contribution in [2.24, 2.45) is 0 Å². The lowest BCUT2D eigenvalue weighted by Gasteiger charge is -2.31. The van der Waals surface area contributed by atoms with Gasteiger partial charge in [0.2, 0.25) is 10.0 Å². The lowest BCUT2D eigenvalue weighted by molar-refractivity contribution is 0.225. The highest BCUT2D eigenvalue weighted by Gasteiger charge is 2.25. The molecule has 1 aromatic rings. The molecule has 1 fully saturated rings. The zero-order valence-electron chi connectivity index (χ0n) is 13.3. The molecule has 2 amide bonds. The van der Waals surface area contributed by atoms with E-state index in [0.29, 0.717) is 25.9 Å². The van der Waals surface area contributed by atoms with Gasteiger partial charge in [0.1, 0.15) is 5.82 Å². The quantitative estimate of drug-likeness (QED) is 0.872. The van der Waals surface area contributed by atoms with Crippen LogP contribution in [0.3, 0.4) is 0 Å². The number of nitrogens with zero attached hydrogens (tertiary/aromatic N) is 1. The molecular weight excluding hydrogens is 321 g/mol. The van der Waals surface area contributed by atoms with Crippen molar-refractivity contribution in [1.29, 1.82) is 0 Å². The molecule has 0 saturated carbocycles. The van der Waals surface area contributed by atoms with Gasteiger partial charge in [0, 0.05) is 19.1 Å². The van der Waals surface area contributed by atoms with Gasteiger partial charge < -0.3 is 10.6 Å². The Bertz CT molecular complexity index is 640. The summed E-state index contributed by atoms with van der Waals surface area (Å²) < 4.78 is 37.2. The van der Waals surface area contributed by atoms with Crippen LogP contribution in [0, 0.1) is 5.82 Å². The zero-order valence-corrected chi connectivity index (χ0v) is 14.1. The van der Waals surface area contributed by atoms with E-state index in [4.69, 9.17) is 0 Å². The Morgan fingerprint density at radius 3 is 2.35 bits per heavy atom. The predicted octanol–water partition coefficient (Wildman–Crippen LogP) is 1.61. The van der Waals surface area contributed by atoms with Crippen LogP contribution in [0.2, 0.25) is 0 Å². The molecule has 0 unspecified atom stereocenters. The van der Waals surface area contributed by atoms with Gasteiger partial charge >= 0.3 is 6.03 Å². The van der Waals surface area contributed by atoms with Crippen LogP contribution in [0.1, 0.15) is 31.4 Å². The largest absolute Gasteiger partial charge is 0.335 e. The lowest BCUT2D eigenvalue weighted by Crippen LogP contribution is -2.49. The Labute approximate surface area is 136 Å². The monoisotopic (exact) mass is 343 g/mol. The second kappa shape index (κ2) is 7.27. The van der Waals surface area contributed by atoms with Gasteiger partial charge in [-0.25, -0.2) is 21.9 Å². The Morgan fingerprint density at radius 2 is 1.83 bits per heavy atom. The standard InChI is InChI=1S/C15H22FN3O3S/c1-11(12-3-5-13(16)6-4-12)17-15(20)18-14-7-9-19(10-8-14)23(2,21)22/h3-6,11,14H,7-10H2,1-2H3,(H2,17,18,20)/t11-/m0/s1. The number of urea groups is 1. The first-order valence-electron chi connectivity index (χ1n) is 7.53. The average Bonchev–Trinajstić information content (AvgIpc) is 2.47. The Kier molecular flexibility index (Phi) is 5.59. The molecule has 0 radical (unpaired) electrons. The number of halogens is 1. The number of piperidine rings is 1. The molecule has 0 aliphatic carbocycles. The van der Waals surface area contributed by atoms with E-state index in [0.717, 1.165) is 5.56 Å². The van der Waals surface area contributed by atoms with Crippen molar-refractivity contribution in [2.45, 2.75) is 31.8 Å². The maximum absolute atomic E-state index is 12.9. The molecule has 1 atom stereocenters. The molecule has 8 heteroatoms. The summed E-state index contributed by atoms with van der Waals surface area (Å²) in [5.41, 5.74) is 0.813. The molecule has 6 nitrogen and oxygen atoms in total. The van der Waals surface area contributed by atoms with Crippen molar-refractivity contribution >= 4 is 16.1 Å².